The van der Waals surface area contributed by atoms with Gasteiger partial charge >= 0.3 is 0 Å². The highest BCUT2D eigenvalue weighted by Gasteiger charge is 2.05. The predicted molar refractivity (Wildman–Crippen MR) is 66.7 cm³/mol. The number of hydrogen-bond acceptors (Lipinski definition) is 3. The molecule has 1 rings (SSSR count). The van der Waals surface area contributed by atoms with Gasteiger partial charge in [0.15, 0.2) is 0 Å². The lowest BCUT2D eigenvalue weighted by atomic mass is 10.0. The van der Waals surface area contributed by atoms with Crippen molar-refractivity contribution in [3.8, 4) is 6.07 Å². The summed E-state index contributed by atoms with van der Waals surface area (Å²) in [4.78, 5) is 0. The third-order valence-electron chi connectivity index (χ3n) is 3.23. The highest BCUT2D eigenvalue weighted by atomic mass is 15.4. The van der Waals surface area contributed by atoms with E-state index in [1.165, 1.54) is 57.8 Å². The number of nitrogens with one attached hydrogen (secondary N) is 2. The zero-order valence-electron chi connectivity index (χ0n) is 10.3. The minimum absolute atomic E-state index is 0.0112. The average Bonchev–Trinajstić information content (AvgIpc) is 2.32. The van der Waals surface area contributed by atoms with E-state index in [-0.39, 0.29) is 6.04 Å². The van der Waals surface area contributed by atoms with Crippen LogP contribution in [0.15, 0.2) is 0 Å². The number of nitrogens with zero attached hydrogens (tertiary/aromatic N) is 1. The fourth-order valence-electron chi connectivity index (χ4n) is 2.16. The van der Waals surface area contributed by atoms with Crippen LogP contribution in [-0.4, -0.2) is 12.6 Å². The summed E-state index contributed by atoms with van der Waals surface area (Å²) in [6.07, 6.45) is 12.8. The molecule has 0 saturated carbocycles. The molecule has 0 bridgehead atoms. The quantitative estimate of drug-likeness (QED) is 0.664. The maximum Gasteiger partial charge on any atom is 0.108 e. The van der Waals surface area contributed by atoms with Gasteiger partial charge < -0.3 is 0 Å². The standard InChI is InChI=1S/C13H25N3/c14-12-13-10-8-6-4-2-1-3-5-7-9-11-15-16-13/h13,15-16H,1-11H2. The molecule has 1 unspecified atom stereocenters. The lowest BCUT2D eigenvalue weighted by Gasteiger charge is -2.13. The molecular formula is C13H25N3. The van der Waals surface area contributed by atoms with Crippen LogP contribution in [-0.2, 0) is 0 Å². The second-order valence-electron chi connectivity index (χ2n) is 4.72. The second-order valence-corrected chi connectivity index (χ2v) is 4.72. The third-order valence-corrected chi connectivity index (χ3v) is 3.23. The van der Waals surface area contributed by atoms with E-state index >= 15 is 0 Å². The van der Waals surface area contributed by atoms with Crippen molar-refractivity contribution in [2.45, 2.75) is 70.3 Å². The Hall–Kier alpha value is -0.590. The van der Waals surface area contributed by atoms with Crippen LogP contribution in [0.5, 0.6) is 0 Å². The molecule has 1 aliphatic rings. The van der Waals surface area contributed by atoms with Crippen LogP contribution in [0.3, 0.4) is 0 Å². The molecule has 16 heavy (non-hydrogen) atoms. The summed E-state index contributed by atoms with van der Waals surface area (Å²) in [5, 5.41) is 8.94. The van der Waals surface area contributed by atoms with Crippen LogP contribution >= 0.6 is 0 Å². The van der Waals surface area contributed by atoms with Gasteiger partial charge in [-0.1, -0.05) is 51.4 Å². The zero-order chi connectivity index (χ0) is 11.5. The normalized spacial score (nSPS) is 26.6. The molecule has 92 valence electrons. The molecule has 2 N–H and O–H groups in total. The molecule has 1 saturated heterocycles. The maximum absolute atomic E-state index is 8.94. The molecule has 0 aliphatic carbocycles. The largest absolute Gasteiger partial charge is 0.257 e. The summed E-state index contributed by atoms with van der Waals surface area (Å²) in [7, 11) is 0. The Balaban J connectivity index is 2.19. The van der Waals surface area contributed by atoms with E-state index in [0.717, 1.165) is 13.0 Å². The molecule has 0 spiro atoms. The Labute approximate surface area is 99.6 Å². The fourth-order valence-corrected chi connectivity index (χ4v) is 2.16. The summed E-state index contributed by atoms with van der Waals surface area (Å²) >= 11 is 0. The van der Waals surface area contributed by atoms with E-state index in [2.05, 4.69) is 16.9 Å². The SMILES string of the molecule is N#CC1CCCCCCCCCCCNN1. The van der Waals surface area contributed by atoms with Crippen LogP contribution in [0.25, 0.3) is 0 Å². The zero-order valence-corrected chi connectivity index (χ0v) is 10.3. The highest BCUT2D eigenvalue weighted by molar-refractivity contribution is 4.88. The minimum atomic E-state index is -0.0112. The molecule has 0 aromatic rings. The lowest BCUT2D eigenvalue weighted by molar-refractivity contribution is 0.429. The predicted octanol–water partition coefficient (Wildman–Crippen LogP) is 2.89. The van der Waals surface area contributed by atoms with Crippen molar-refractivity contribution in [2.75, 3.05) is 6.54 Å². The van der Waals surface area contributed by atoms with Crippen LogP contribution in [0.1, 0.15) is 64.2 Å². The topological polar surface area (TPSA) is 47.9 Å². The number of hydrazine groups is 1. The van der Waals surface area contributed by atoms with Crippen LogP contribution < -0.4 is 10.9 Å². The molecule has 1 atom stereocenters. The van der Waals surface area contributed by atoms with Gasteiger partial charge in [0.25, 0.3) is 0 Å². The van der Waals surface area contributed by atoms with Crippen molar-refractivity contribution in [1.82, 2.24) is 10.9 Å². The first-order valence-electron chi connectivity index (χ1n) is 6.81. The molecule has 3 heteroatoms. The molecule has 0 amide bonds. The lowest BCUT2D eigenvalue weighted by Crippen LogP contribution is -2.40. The van der Waals surface area contributed by atoms with Crippen molar-refractivity contribution < 1.29 is 0 Å². The van der Waals surface area contributed by atoms with Gasteiger partial charge in [-0.3, -0.25) is 5.43 Å². The van der Waals surface area contributed by atoms with Gasteiger partial charge in [-0.05, 0) is 12.8 Å². The van der Waals surface area contributed by atoms with E-state index in [4.69, 9.17) is 5.26 Å². The van der Waals surface area contributed by atoms with E-state index in [1.54, 1.807) is 0 Å². The number of nitriles is 1. The van der Waals surface area contributed by atoms with Gasteiger partial charge in [-0.2, -0.15) is 5.26 Å². The summed E-state index contributed by atoms with van der Waals surface area (Å²) < 4.78 is 0. The van der Waals surface area contributed by atoms with E-state index < -0.39 is 0 Å². The summed E-state index contributed by atoms with van der Waals surface area (Å²) in [6, 6.07) is 2.30. The first-order valence-corrected chi connectivity index (χ1v) is 6.81. The Morgan fingerprint density at radius 1 is 0.812 bits per heavy atom. The molecule has 0 radical (unpaired) electrons. The van der Waals surface area contributed by atoms with Crippen LogP contribution in [0, 0.1) is 11.3 Å². The van der Waals surface area contributed by atoms with E-state index in [1.807, 2.05) is 0 Å². The third kappa shape index (κ3) is 6.81. The molecule has 1 aliphatic heterocycles. The van der Waals surface area contributed by atoms with Crippen molar-refractivity contribution in [1.29, 1.82) is 5.26 Å². The van der Waals surface area contributed by atoms with Crippen molar-refractivity contribution in [3.63, 3.8) is 0 Å². The van der Waals surface area contributed by atoms with Crippen LogP contribution in [0.2, 0.25) is 0 Å². The first-order chi connectivity index (χ1) is 7.93. The van der Waals surface area contributed by atoms with Crippen molar-refractivity contribution >= 4 is 0 Å². The van der Waals surface area contributed by atoms with Gasteiger partial charge in [-0.15, -0.1) is 0 Å². The Morgan fingerprint density at radius 3 is 2.00 bits per heavy atom. The highest BCUT2D eigenvalue weighted by Crippen LogP contribution is 2.11. The number of rotatable bonds is 0. The van der Waals surface area contributed by atoms with E-state index in [0.29, 0.717) is 0 Å². The molecule has 3 nitrogen and oxygen atoms in total. The molecule has 1 fully saturated rings. The van der Waals surface area contributed by atoms with Crippen LogP contribution in [0.4, 0.5) is 0 Å². The number of hydrogen-bond donors (Lipinski definition) is 2. The summed E-state index contributed by atoms with van der Waals surface area (Å²) in [5.41, 5.74) is 6.28. The smallest absolute Gasteiger partial charge is 0.108 e. The summed E-state index contributed by atoms with van der Waals surface area (Å²) in [5.74, 6) is 0. The Kier molecular flexibility index (Phi) is 8.10. The Morgan fingerprint density at radius 2 is 1.38 bits per heavy atom. The molecular weight excluding hydrogens is 198 g/mol. The summed E-state index contributed by atoms with van der Waals surface area (Å²) in [6.45, 7) is 0.984. The van der Waals surface area contributed by atoms with Gasteiger partial charge in [0, 0.05) is 6.54 Å². The van der Waals surface area contributed by atoms with Crippen molar-refractivity contribution in [2.24, 2.45) is 0 Å². The minimum Gasteiger partial charge on any atom is -0.257 e. The second kappa shape index (κ2) is 9.62. The molecule has 0 aromatic carbocycles. The Bertz CT molecular complexity index is 184. The molecule has 1 heterocycles. The van der Waals surface area contributed by atoms with Crippen molar-refractivity contribution in [3.05, 3.63) is 0 Å². The molecule has 0 aromatic heterocycles. The van der Waals surface area contributed by atoms with Gasteiger partial charge in [0.2, 0.25) is 0 Å². The average molecular weight is 223 g/mol. The van der Waals surface area contributed by atoms with Gasteiger partial charge in [-0.25, -0.2) is 5.43 Å². The van der Waals surface area contributed by atoms with Gasteiger partial charge in [0.1, 0.15) is 6.04 Å². The van der Waals surface area contributed by atoms with E-state index in [9.17, 15) is 0 Å². The first kappa shape index (κ1) is 13.5. The maximum atomic E-state index is 8.94. The monoisotopic (exact) mass is 223 g/mol. The fraction of sp³-hybridized carbons (Fsp3) is 0.923. The van der Waals surface area contributed by atoms with Gasteiger partial charge in [0.05, 0.1) is 6.07 Å².